The number of esters is 2. The lowest BCUT2D eigenvalue weighted by Crippen LogP contribution is -2.30. The van der Waals surface area contributed by atoms with Crippen LogP contribution in [0.4, 0.5) is 0 Å². The van der Waals surface area contributed by atoms with Crippen molar-refractivity contribution >= 4 is 49.4 Å². The quantitative estimate of drug-likeness (QED) is 0.0670. The van der Waals surface area contributed by atoms with Crippen molar-refractivity contribution < 1.29 is 38.0 Å². The Morgan fingerprint density at radius 3 is 1.58 bits per heavy atom. The SMILES string of the molecule is C=C(C)COCC(COc1c2ccccc2c(OCC(COCC(=C)C)OC(=O)CCC)c2cc(Br)ccc12)OC(=O)CCC. The summed E-state index contributed by atoms with van der Waals surface area (Å²) < 4.78 is 36.7. The molecule has 8 nitrogen and oxygen atoms in total. The van der Waals surface area contributed by atoms with Crippen LogP contribution in [-0.4, -0.2) is 63.8 Å². The predicted molar refractivity (Wildman–Crippen MR) is 181 cm³/mol. The predicted octanol–water partition coefficient (Wildman–Crippen LogP) is 8.12. The monoisotopic (exact) mass is 684 g/mol. The van der Waals surface area contributed by atoms with E-state index in [2.05, 4.69) is 29.1 Å². The average molecular weight is 686 g/mol. The zero-order chi connectivity index (χ0) is 32.8. The highest BCUT2D eigenvalue weighted by Crippen LogP contribution is 2.43. The van der Waals surface area contributed by atoms with Crippen molar-refractivity contribution in [2.45, 2.75) is 65.6 Å². The largest absolute Gasteiger partial charge is 0.488 e. The molecule has 0 N–H and O–H groups in total. The Kier molecular flexibility index (Phi) is 14.9. The average Bonchev–Trinajstić information content (AvgIpc) is 2.98. The highest BCUT2D eigenvalue weighted by atomic mass is 79.9. The third kappa shape index (κ3) is 11.5. The molecule has 0 spiro atoms. The van der Waals surface area contributed by atoms with E-state index in [9.17, 15) is 9.59 Å². The Morgan fingerprint density at radius 2 is 1.13 bits per heavy atom. The van der Waals surface area contributed by atoms with Crippen molar-refractivity contribution in [1.82, 2.24) is 0 Å². The van der Waals surface area contributed by atoms with Gasteiger partial charge >= 0.3 is 11.9 Å². The van der Waals surface area contributed by atoms with E-state index in [0.717, 1.165) is 37.2 Å². The van der Waals surface area contributed by atoms with Gasteiger partial charge in [0.15, 0.2) is 12.2 Å². The van der Waals surface area contributed by atoms with Crippen LogP contribution in [0.25, 0.3) is 21.5 Å². The molecule has 0 fully saturated rings. The van der Waals surface area contributed by atoms with Crippen molar-refractivity contribution in [3.05, 3.63) is 71.2 Å². The van der Waals surface area contributed by atoms with Gasteiger partial charge in [-0.2, -0.15) is 0 Å². The van der Waals surface area contributed by atoms with Crippen LogP contribution in [0.5, 0.6) is 11.5 Å². The number of hydrogen-bond acceptors (Lipinski definition) is 8. The van der Waals surface area contributed by atoms with Crippen LogP contribution < -0.4 is 9.47 Å². The van der Waals surface area contributed by atoms with E-state index in [-0.39, 0.29) is 38.4 Å². The second-order valence-corrected chi connectivity index (χ2v) is 12.1. The molecule has 0 heterocycles. The fourth-order valence-corrected chi connectivity index (χ4v) is 4.96. The summed E-state index contributed by atoms with van der Waals surface area (Å²) in [4.78, 5) is 24.8. The minimum atomic E-state index is -0.613. The summed E-state index contributed by atoms with van der Waals surface area (Å²) in [5.41, 5.74) is 1.74. The summed E-state index contributed by atoms with van der Waals surface area (Å²) in [6, 6.07) is 13.6. The molecule has 2 unspecified atom stereocenters. The molecule has 0 bridgehead atoms. The van der Waals surface area contributed by atoms with Gasteiger partial charge < -0.3 is 28.4 Å². The molecule has 244 valence electrons. The molecule has 3 aromatic carbocycles. The number of fused-ring (bicyclic) bond motifs is 2. The van der Waals surface area contributed by atoms with Crippen LogP contribution in [0.2, 0.25) is 0 Å². The molecule has 9 heteroatoms. The van der Waals surface area contributed by atoms with E-state index in [1.807, 2.05) is 70.2 Å². The lowest BCUT2D eigenvalue weighted by Gasteiger charge is -2.23. The van der Waals surface area contributed by atoms with Gasteiger partial charge in [-0.25, -0.2) is 0 Å². The van der Waals surface area contributed by atoms with E-state index in [0.29, 0.717) is 50.4 Å². The Labute approximate surface area is 274 Å². The topological polar surface area (TPSA) is 89.5 Å². The van der Waals surface area contributed by atoms with Gasteiger partial charge in [-0.05, 0) is 44.9 Å². The van der Waals surface area contributed by atoms with Crippen LogP contribution in [0, 0.1) is 0 Å². The van der Waals surface area contributed by atoms with Gasteiger partial charge in [0.2, 0.25) is 0 Å². The molecular weight excluding hydrogens is 640 g/mol. The van der Waals surface area contributed by atoms with E-state index in [4.69, 9.17) is 28.4 Å². The lowest BCUT2D eigenvalue weighted by atomic mass is 10.0. The summed E-state index contributed by atoms with van der Waals surface area (Å²) >= 11 is 3.60. The normalized spacial score (nSPS) is 12.5. The fraction of sp³-hybridized carbons (Fsp3) is 0.444. The van der Waals surface area contributed by atoms with Crippen molar-refractivity contribution in [2.24, 2.45) is 0 Å². The zero-order valence-electron chi connectivity index (χ0n) is 26.8. The van der Waals surface area contributed by atoms with Gasteiger partial charge in [-0.3, -0.25) is 9.59 Å². The first-order chi connectivity index (χ1) is 21.6. The van der Waals surface area contributed by atoms with Gasteiger partial charge in [0.05, 0.1) is 26.4 Å². The number of benzene rings is 3. The maximum atomic E-state index is 12.4. The highest BCUT2D eigenvalue weighted by Gasteiger charge is 2.22. The summed E-state index contributed by atoms with van der Waals surface area (Å²) in [5, 5.41) is 3.25. The van der Waals surface area contributed by atoms with Gasteiger partial charge in [-0.1, -0.05) is 78.3 Å². The van der Waals surface area contributed by atoms with Crippen LogP contribution in [0.1, 0.15) is 53.4 Å². The first-order valence-corrected chi connectivity index (χ1v) is 16.1. The molecule has 0 aliphatic carbocycles. The number of halogens is 1. The van der Waals surface area contributed by atoms with Crippen molar-refractivity contribution in [2.75, 3.05) is 39.6 Å². The number of rotatable bonds is 20. The third-order valence-corrected chi connectivity index (χ3v) is 7.02. The molecule has 0 radical (unpaired) electrons. The second-order valence-electron chi connectivity index (χ2n) is 11.2. The van der Waals surface area contributed by atoms with E-state index in [1.54, 1.807) is 0 Å². The molecule has 0 aliphatic heterocycles. The molecule has 0 aromatic heterocycles. The van der Waals surface area contributed by atoms with Crippen molar-refractivity contribution in [3.8, 4) is 11.5 Å². The second kappa shape index (κ2) is 18.5. The standard InChI is InChI=1S/C36H45BrO8/c1-7-11-33(38)44-27(20-40-18-24(3)4)22-42-35-29-13-9-10-14-30(29)36(32-17-26(37)15-16-31(32)35)43-23-28(21-41-19-25(5)6)45-34(39)12-8-2/h9-10,13-17,27-28H,3,5,7-8,11-12,18-23H2,1-2,4,6H3. The molecular formula is C36H45BrO8. The Balaban J connectivity index is 1.96. The lowest BCUT2D eigenvalue weighted by molar-refractivity contribution is -0.154. The summed E-state index contributed by atoms with van der Waals surface area (Å²) in [7, 11) is 0. The smallest absolute Gasteiger partial charge is 0.306 e. The molecule has 3 rings (SSSR count). The summed E-state index contributed by atoms with van der Waals surface area (Å²) in [6.45, 7) is 16.6. The Bertz CT molecular complexity index is 1470. The molecule has 0 amide bonds. The van der Waals surface area contributed by atoms with Gasteiger partial charge in [0.1, 0.15) is 24.7 Å². The first kappa shape index (κ1) is 36.1. The maximum absolute atomic E-state index is 12.4. The van der Waals surface area contributed by atoms with Crippen LogP contribution in [0.15, 0.2) is 71.2 Å². The van der Waals surface area contributed by atoms with Gasteiger partial charge in [0.25, 0.3) is 0 Å². The minimum Gasteiger partial charge on any atom is -0.488 e. The zero-order valence-corrected chi connectivity index (χ0v) is 28.4. The molecule has 2 atom stereocenters. The van der Waals surface area contributed by atoms with Crippen LogP contribution in [0.3, 0.4) is 0 Å². The van der Waals surface area contributed by atoms with Crippen LogP contribution in [-0.2, 0) is 28.5 Å². The van der Waals surface area contributed by atoms with E-state index < -0.39 is 12.2 Å². The van der Waals surface area contributed by atoms with Crippen molar-refractivity contribution in [1.29, 1.82) is 0 Å². The molecule has 0 saturated carbocycles. The molecule has 0 aliphatic rings. The summed E-state index contributed by atoms with van der Waals surface area (Å²) in [6.07, 6.45) is 0.774. The molecule has 0 saturated heterocycles. The highest BCUT2D eigenvalue weighted by molar-refractivity contribution is 9.10. The van der Waals surface area contributed by atoms with Crippen molar-refractivity contribution in [3.63, 3.8) is 0 Å². The first-order valence-electron chi connectivity index (χ1n) is 15.4. The fourth-order valence-electron chi connectivity index (χ4n) is 4.59. The van der Waals surface area contributed by atoms with E-state index >= 15 is 0 Å². The number of ether oxygens (including phenoxy) is 6. The maximum Gasteiger partial charge on any atom is 0.306 e. The number of carbonyl (C=O) groups excluding carboxylic acids is 2. The number of carbonyl (C=O) groups is 2. The van der Waals surface area contributed by atoms with Gasteiger partial charge in [0, 0.05) is 38.9 Å². The Hall–Kier alpha value is -3.40. The van der Waals surface area contributed by atoms with Crippen LogP contribution >= 0.6 is 15.9 Å². The third-order valence-electron chi connectivity index (χ3n) is 6.52. The molecule has 45 heavy (non-hydrogen) atoms. The number of hydrogen-bond donors (Lipinski definition) is 0. The Morgan fingerprint density at radius 1 is 0.689 bits per heavy atom. The van der Waals surface area contributed by atoms with E-state index in [1.165, 1.54) is 0 Å². The molecule has 3 aromatic rings. The van der Waals surface area contributed by atoms with Gasteiger partial charge in [-0.15, -0.1) is 0 Å². The minimum absolute atomic E-state index is 0.0902. The summed E-state index contributed by atoms with van der Waals surface area (Å²) in [5.74, 6) is 0.663.